The fraction of sp³-hybridized carbons (Fsp3) is 0.857. The van der Waals surface area contributed by atoms with Crippen LogP contribution in [0.3, 0.4) is 0 Å². The van der Waals surface area contributed by atoms with Crippen molar-refractivity contribution in [3.8, 4) is 0 Å². The molecule has 0 aromatic heterocycles. The Kier molecular flexibility index (Phi) is 4.99. The van der Waals surface area contributed by atoms with Crippen molar-refractivity contribution < 1.29 is 14.7 Å². The molecule has 1 aliphatic carbocycles. The molecule has 0 aromatic rings. The van der Waals surface area contributed by atoms with Gasteiger partial charge in [-0.3, -0.25) is 14.5 Å². The van der Waals surface area contributed by atoms with Gasteiger partial charge >= 0.3 is 0 Å². The van der Waals surface area contributed by atoms with Gasteiger partial charge in [-0.05, 0) is 31.7 Å². The highest BCUT2D eigenvalue weighted by atomic mass is 16.3. The van der Waals surface area contributed by atoms with Crippen molar-refractivity contribution in [3.05, 3.63) is 0 Å². The van der Waals surface area contributed by atoms with Gasteiger partial charge in [0.25, 0.3) is 0 Å². The monoisotopic (exact) mass is 283 g/mol. The number of nitrogens with one attached hydrogen (secondary N) is 1. The number of likely N-dealkylation sites (tertiary alicyclic amines) is 1. The zero-order valence-corrected chi connectivity index (χ0v) is 12.3. The van der Waals surface area contributed by atoms with Gasteiger partial charge in [0.2, 0.25) is 11.8 Å². The lowest BCUT2D eigenvalue weighted by molar-refractivity contribution is -0.136. The van der Waals surface area contributed by atoms with E-state index in [0.717, 1.165) is 25.8 Å². The number of hydrogen-bond acceptors (Lipinski definition) is 4. The van der Waals surface area contributed by atoms with E-state index in [2.05, 4.69) is 12.2 Å². The van der Waals surface area contributed by atoms with Crippen LogP contribution in [0.4, 0.5) is 0 Å². The zero-order valence-electron chi connectivity index (χ0n) is 12.3. The lowest BCUT2D eigenvalue weighted by atomic mass is 10.0. The highest BCUT2D eigenvalue weighted by molar-refractivity contribution is 5.85. The number of rotatable bonds is 6. The fourth-order valence-electron chi connectivity index (χ4n) is 2.68. The van der Waals surface area contributed by atoms with E-state index in [0.29, 0.717) is 12.0 Å². The Hall–Kier alpha value is -1.14. The van der Waals surface area contributed by atoms with E-state index in [1.807, 2.05) is 4.90 Å². The summed E-state index contributed by atoms with van der Waals surface area (Å²) in [5.41, 5.74) is 0. The fourth-order valence-corrected chi connectivity index (χ4v) is 2.68. The molecule has 2 unspecified atom stereocenters. The van der Waals surface area contributed by atoms with Crippen molar-refractivity contribution in [2.45, 2.75) is 38.3 Å². The Morgan fingerprint density at radius 1 is 1.35 bits per heavy atom. The normalized spacial score (nSPS) is 26.6. The lowest BCUT2D eigenvalue weighted by Crippen LogP contribution is -2.46. The van der Waals surface area contributed by atoms with Crippen molar-refractivity contribution in [1.82, 2.24) is 15.1 Å². The first-order valence-electron chi connectivity index (χ1n) is 7.39. The van der Waals surface area contributed by atoms with Crippen LogP contribution in [0.2, 0.25) is 0 Å². The van der Waals surface area contributed by atoms with Gasteiger partial charge in [-0.25, -0.2) is 0 Å². The molecule has 2 fully saturated rings. The molecule has 1 saturated carbocycles. The number of aliphatic hydroxyl groups is 1. The van der Waals surface area contributed by atoms with Crippen LogP contribution in [0.1, 0.15) is 26.2 Å². The van der Waals surface area contributed by atoms with Gasteiger partial charge in [0.1, 0.15) is 0 Å². The third-order valence-electron chi connectivity index (χ3n) is 4.27. The van der Waals surface area contributed by atoms with Crippen LogP contribution in [0, 0.1) is 5.92 Å². The quantitative estimate of drug-likeness (QED) is 0.684. The second kappa shape index (κ2) is 6.54. The average molecular weight is 283 g/mol. The van der Waals surface area contributed by atoms with Crippen LogP contribution >= 0.6 is 0 Å². The summed E-state index contributed by atoms with van der Waals surface area (Å²) in [6.07, 6.45) is 3.10. The first-order chi connectivity index (χ1) is 9.51. The molecular weight excluding hydrogens is 258 g/mol. The summed E-state index contributed by atoms with van der Waals surface area (Å²) in [4.78, 5) is 27.3. The van der Waals surface area contributed by atoms with Crippen LogP contribution in [0.5, 0.6) is 0 Å². The van der Waals surface area contributed by atoms with Gasteiger partial charge in [0.15, 0.2) is 0 Å². The third kappa shape index (κ3) is 3.93. The minimum Gasteiger partial charge on any atom is -0.395 e. The molecule has 0 spiro atoms. The molecule has 0 bridgehead atoms. The molecule has 114 valence electrons. The highest BCUT2D eigenvalue weighted by Gasteiger charge is 2.32. The van der Waals surface area contributed by atoms with Crippen molar-refractivity contribution in [2.75, 3.05) is 33.3 Å². The van der Waals surface area contributed by atoms with Crippen LogP contribution in [-0.4, -0.2) is 72.1 Å². The minimum absolute atomic E-state index is 0.0626. The van der Waals surface area contributed by atoms with E-state index in [1.165, 1.54) is 4.90 Å². The van der Waals surface area contributed by atoms with Crippen LogP contribution in [0.15, 0.2) is 0 Å². The van der Waals surface area contributed by atoms with Crippen LogP contribution < -0.4 is 5.32 Å². The molecular formula is C14H25N3O3. The van der Waals surface area contributed by atoms with Crippen molar-refractivity contribution in [2.24, 2.45) is 5.92 Å². The van der Waals surface area contributed by atoms with Crippen LogP contribution in [0.25, 0.3) is 0 Å². The maximum absolute atomic E-state index is 12.1. The highest BCUT2D eigenvalue weighted by Crippen LogP contribution is 2.23. The van der Waals surface area contributed by atoms with E-state index < -0.39 is 0 Å². The SMILES string of the molecule is CC1CCN(CC(=O)N(C)CC(=O)NC2CC2)C1CO. The average Bonchev–Trinajstić information content (AvgIpc) is 3.13. The van der Waals surface area contributed by atoms with Gasteiger partial charge < -0.3 is 15.3 Å². The lowest BCUT2D eigenvalue weighted by Gasteiger charge is -2.26. The van der Waals surface area contributed by atoms with Gasteiger partial charge in [0.05, 0.1) is 19.7 Å². The molecule has 2 aliphatic rings. The Labute approximate surface area is 120 Å². The van der Waals surface area contributed by atoms with Gasteiger partial charge in [0, 0.05) is 19.1 Å². The molecule has 2 atom stereocenters. The van der Waals surface area contributed by atoms with Crippen molar-refractivity contribution >= 4 is 11.8 Å². The van der Waals surface area contributed by atoms with E-state index in [1.54, 1.807) is 7.05 Å². The molecule has 1 saturated heterocycles. The summed E-state index contributed by atoms with van der Waals surface area (Å²) in [5.74, 6) is 0.261. The molecule has 6 heteroatoms. The molecule has 6 nitrogen and oxygen atoms in total. The predicted molar refractivity (Wildman–Crippen MR) is 75.0 cm³/mol. The van der Waals surface area contributed by atoms with Crippen molar-refractivity contribution in [3.63, 3.8) is 0 Å². The Balaban J connectivity index is 1.76. The summed E-state index contributed by atoms with van der Waals surface area (Å²) in [6.45, 7) is 3.41. The molecule has 2 N–H and O–H groups in total. The van der Waals surface area contributed by atoms with E-state index in [-0.39, 0.29) is 37.6 Å². The maximum atomic E-state index is 12.1. The standard InChI is InChI=1S/C14H25N3O3/c1-10-5-6-17(12(10)9-18)8-14(20)16(2)7-13(19)15-11-3-4-11/h10-12,18H,3-9H2,1-2H3,(H,15,19). The molecule has 0 radical (unpaired) electrons. The van der Waals surface area contributed by atoms with Crippen LogP contribution in [-0.2, 0) is 9.59 Å². The zero-order chi connectivity index (χ0) is 14.7. The summed E-state index contributed by atoms with van der Waals surface area (Å²) < 4.78 is 0. The number of carbonyl (C=O) groups excluding carboxylic acids is 2. The first kappa shape index (κ1) is 15.3. The van der Waals surface area contributed by atoms with Gasteiger partial charge in [-0.1, -0.05) is 6.92 Å². The first-order valence-corrected chi connectivity index (χ1v) is 7.39. The molecule has 1 aliphatic heterocycles. The van der Waals surface area contributed by atoms with Gasteiger partial charge in [-0.15, -0.1) is 0 Å². The predicted octanol–water partition coefficient (Wildman–Crippen LogP) is -0.574. The Bertz CT molecular complexity index is 371. The van der Waals surface area contributed by atoms with Crippen molar-refractivity contribution in [1.29, 1.82) is 0 Å². The number of likely N-dealkylation sites (N-methyl/N-ethyl adjacent to an activating group) is 1. The number of nitrogens with zero attached hydrogens (tertiary/aromatic N) is 2. The molecule has 0 aromatic carbocycles. The van der Waals surface area contributed by atoms with E-state index in [9.17, 15) is 14.7 Å². The second-order valence-electron chi connectivity index (χ2n) is 6.08. The summed E-state index contributed by atoms with van der Waals surface area (Å²) in [5, 5.41) is 12.3. The minimum atomic E-state index is -0.0863. The Morgan fingerprint density at radius 2 is 2.05 bits per heavy atom. The summed E-state index contributed by atoms with van der Waals surface area (Å²) in [6, 6.07) is 0.386. The summed E-state index contributed by atoms with van der Waals surface area (Å²) in [7, 11) is 1.66. The molecule has 1 heterocycles. The number of carbonyl (C=O) groups is 2. The topological polar surface area (TPSA) is 72.9 Å². The third-order valence-corrected chi connectivity index (χ3v) is 4.27. The smallest absolute Gasteiger partial charge is 0.239 e. The largest absolute Gasteiger partial charge is 0.395 e. The van der Waals surface area contributed by atoms with E-state index in [4.69, 9.17) is 0 Å². The number of aliphatic hydroxyl groups excluding tert-OH is 1. The molecule has 20 heavy (non-hydrogen) atoms. The second-order valence-corrected chi connectivity index (χ2v) is 6.08. The maximum Gasteiger partial charge on any atom is 0.239 e. The molecule has 2 rings (SSSR count). The number of hydrogen-bond donors (Lipinski definition) is 2. The van der Waals surface area contributed by atoms with Gasteiger partial charge in [-0.2, -0.15) is 0 Å². The summed E-state index contributed by atoms with van der Waals surface area (Å²) >= 11 is 0. The van der Waals surface area contributed by atoms with E-state index >= 15 is 0 Å². The Morgan fingerprint density at radius 3 is 2.65 bits per heavy atom. The molecule has 2 amide bonds. The number of amides is 2.